The molecule has 3 rings (SSSR count). The Morgan fingerprint density at radius 3 is 2.58 bits per heavy atom. The number of amides is 2. The molecule has 1 heterocycles. The van der Waals surface area contributed by atoms with Gasteiger partial charge in [0.15, 0.2) is 0 Å². The highest BCUT2D eigenvalue weighted by Crippen LogP contribution is 2.22. The zero-order valence-electron chi connectivity index (χ0n) is 17.3. The Hall–Kier alpha value is -3.65. The Morgan fingerprint density at radius 2 is 1.90 bits per heavy atom. The number of hydrogen-bond donors (Lipinski definition) is 2. The van der Waals surface area contributed by atoms with E-state index in [1.165, 1.54) is 18.1 Å². The summed E-state index contributed by atoms with van der Waals surface area (Å²) in [5.74, 6) is -0.394. The fourth-order valence-electron chi connectivity index (χ4n) is 3.29. The highest BCUT2D eigenvalue weighted by molar-refractivity contribution is 5.91. The summed E-state index contributed by atoms with van der Waals surface area (Å²) >= 11 is 0. The third kappa shape index (κ3) is 5.49. The summed E-state index contributed by atoms with van der Waals surface area (Å²) < 4.78 is 10.3. The van der Waals surface area contributed by atoms with Crippen LogP contribution in [0.5, 0.6) is 5.75 Å². The molecule has 1 atom stereocenters. The van der Waals surface area contributed by atoms with Gasteiger partial charge >= 0.3 is 5.63 Å². The number of benzene rings is 2. The zero-order chi connectivity index (χ0) is 22.4. The number of nitrogens with one attached hydrogen (secondary N) is 1. The summed E-state index contributed by atoms with van der Waals surface area (Å²) in [5.41, 5.74) is 1.08. The zero-order valence-corrected chi connectivity index (χ0v) is 17.3. The lowest BCUT2D eigenvalue weighted by Gasteiger charge is -2.23. The van der Waals surface area contributed by atoms with E-state index in [1.807, 2.05) is 30.3 Å². The number of aliphatic hydroxyl groups excluding tert-OH is 1. The van der Waals surface area contributed by atoms with Gasteiger partial charge in [0.05, 0.1) is 20.1 Å². The van der Waals surface area contributed by atoms with Crippen LogP contribution in [0.15, 0.2) is 63.8 Å². The quantitative estimate of drug-likeness (QED) is 0.530. The minimum atomic E-state index is -1.09. The fourth-order valence-corrected chi connectivity index (χ4v) is 3.29. The summed E-state index contributed by atoms with van der Waals surface area (Å²) in [7, 11) is 3.10. The van der Waals surface area contributed by atoms with Crippen LogP contribution in [0.3, 0.4) is 0 Å². The standard InChI is InChI=1S/C23H24N2O6/c1-25(13-15-6-4-3-5-7-15)23(29)19(14-26)24-21(27)10-16-11-22(28)31-20-12-17(30-2)8-9-18(16)20/h3-9,11-12,19,26H,10,13-14H2,1-2H3,(H,24,27)/t19-/m0/s1. The van der Waals surface area contributed by atoms with Crippen molar-refractivity contribution in [2.75, 3.05) is 20.8 Å². The van der Waals surface area contributed by atoms with Crippen molar-refractivity contribution >= 4 is 22.8 Å². The highest BCUT2D eigenvalue weighted by Gasteiger charge is 2.24. The first kappa shape index (κ1) is 22.0. The predicted molar refractivity (Wildman–Crippen MR) is 115 cm³/mol. The number of nitrogens with zero attached hydrogens (tertiary/aromatic N) is 1. The highest BCUT2D eigenvalue weighted by atomic mass is 16.5. The number of carbonyl (C=O) groups is 2. The number of methoxy groups -OCH3 is 1. The van der Waals surface area contributed by atoms with E-state index in [0.717, 1.165) is 5.56 Å². The maximum absolute atomic E-state index is 12.7. The largest absolute Gasteiger partial charge is 0.497 e. The van der Waals surface area contributed by atoms with Crippen LogP contribution in [0.2, 0.25) is 0 Å². The van der Waals surface area contributed by atoms with Gasteiger partial charge in [0.25, 0.3) is 0 Å². The number of carbonyl (C=O) groups excluding carboxylic acids is 2. The first-order valence-corrected chi connectivity index (χ1v) is 9.71. The molecule has 2 aromatic carbocycles. The van der Waals surface area contributed by atoms with Crippen molar-refractivity contribution in [2.45, 2.75) is 19.0 Å². The second-order valence-electron chi connectivity index (χ2n) is 7.11. The smallest absolute Gasteiger partial charge is 0.336 e. The van der Waals surface area contributed by atoms with Crippen LogP contribution in [0, 0.1) is 0 Å². The van der Waals surface area contributed by atoms with Crippen LogP contribution >= 0.6 is 0 Å². The maximum atomic E-state index is 12.7. The van der Waals surface area contributed by atoms with Crippen molar-refractivity contribution in [3.05, 3.63) is 76.1 Å². The predicted octanol–water partition coefficient (Wildman–Crippen LogP) is 1.48. The summed E-state index contributed by atoms with van der Waals surface area (Å²) in [6, 6.07) is 14.5. The van der Waals surface area contributed by atoms with Crippen LogP contribution in [0.25, 0.3) is 11.0 Å². The van der Waals surface area contributed by atoms with Crippen LogP contribution in [0.1, 0.15) is 11.1 Å². The monoisotopic (exact) mass is 424 g/mol. The van der Waals surface area contributed by atoms with Gasteiger partial charge in [-0.05, 0) is 23.3 Å². The van der Waals surface area contributed by atoms with Crippen LogP contribution in [-0.4, -0.2) is 48.6 Å². The SMILES string of the molecule is COc1ccc2c(CC(=O)N[C@@H](CO)C(=O)N(C)Cc3ccccc3)cc(=O)oc2c1. The Kier molecular flexibility index (Phi) is 7.04. The molecule has 0 fully saturated rings. The number of fused-ring (bicyclic) bond motifs is 1. The van der Waals surface area contributed by atoms with E-state index in [9.17, 15) is 19.5 Å². The van der Waals surface area contributed by atoms with Crippen molar-refractivity contribution in [3.63, 3.8) is 0 Å². The average molecular weight is 424 g/mol. The van der Waals surface area contributed by atoms with Gasteiger partial charge in [0.1, 0.15) is 17.4 Å². The summed E-state index contributed by atoms with van der Waals surface area (Å²) in [5, 5.41) is 12.8. The third-order valence-corrected chi connectivity index (χ3v) is 4.84. The van der Waals surface area contributed by atoms with E-state index in [1.54, 1.807) is 25.2 Å². The fraction of sp³-hybridized carbons (Fsp3) is 0.261. The van der Waals surface area contributed by atoms with E-state index in [4.69, 9.17) is 9.15 Å². The normalized spacial score (nSPS) is 11.7. The van der Waals surface area contributed by atoms with Crippen molar-refractivity contribution in [3.8, 4) is 5.75 Å². The topological polar surface area (TPSA) is 109 Å². The van der Waals surface area contributed by atoms with Gasteiger partial charge < -0.3 is 24.5 Å². The number of hydrogen-bond acceptors (Lipinski definition) is 6. The average Bonchev–Trinajstić information content (AvgIpc) is 2.77. The molecule has 2 N–H and O–H groups in total. The summed E-state index contributed by atoms with van der Waals surface area (Å²) in [6.45, 7) is -0.198. The molecule has 0 bridgehead atoms. The van der Waals surface area contributed by atoms with Crippen molar-refractivity contribution < 1.29 is 23.8 Å². The molecule has 2 amide bonds. The van der Waals surface area contributed by atoms with E-state index in [2.05, 4.69) is 5.32 Å². The molecule has 0 spiro atoms. The first-order valence-electron chi connectivity index (χ1n) is 9.71. The molecular formula is C23H24N2O6. The molecule has 8 nitrogen and oxygen atoms in total. The first-order chi connectivity index (χ1) is 14.9. The molecule has 1 aromatic heterocycles. The third-order valence-electron chi connectivity index (χ3n) is 4.84. The molecule has 3 aromatic rings. The molecule has 0 saturated carbocycles. The molecule has 0 saturated heterocycles. The number of likely N-dealkylation sites (N-methyl/N-ethyl adjacent to an activating group) is 1. The van der Waals surface area contributed by atoms with Crippen LogP contribution in [0.4, 0.5) is 0 Å². The Balaban J connectivity index is 1.71. The van der Waals surface area contributed by atoms with Crippen molar-refractivity contribution in [1.82, 2.24) is 10.2 Å². The number of ether oxygens (including phenoxy) is 1. The van der Waals surface area contributed by atoms with E-state index < -0.39 is 30.1 Å². The summed E-state index contributed by atoms with van der Waals surface area (Å²) in [4.78, 5) is 38.6. The van der Waals surface area contributed by atoms with E-state index >= 15 is 0 Å². The molecule has 0 aliphatic heterocycles. The van der Waals surface area contributed by atoms with Gasteiger partial charge in [0.2, 0.25) is 11.8 Å². The Morgan fingerprint density at radius 1 is 1.16 bits per heavy atom. The molecule has 0 unspecified atom stereocenters. The summed E-state index contributed by atoms with van der Waals surface area (Å²) in [6.07, 6.45) is -0.152. The minimum Gasteiger partial charge on any atom is -0.497 e. The van der Waals surface area contributed by atoms with E-state index in [-0.39, 0.29) is 6.42 Å². The lowest BCUT2D eigenvalue weighted by atomic mass is 10.1. The van der Waals surface area contributed by atoms with Gasteiger partial charge in [-0.25, -0.2) is 4.79 Å². The molecule has 0 aliphatic rings. The second kappa shape index (κ2) is 9.90. The Bertz CT molecular complexity index is 1130. The molecule has 31 heavy (non-hydrogen) atoms. The number of rotatable bonds is 8. The van der Waals surface area contributed by atoms with Gasteiger partial charge in [-0.15, -0.1) is 0 Å². The minimum absolute atomic E-state index is 0.152. The van der Waals surface area contributed by atoms with Crippen LogP contribution in [-0.2, 0) is 22.6 Å². The van der Waals surface area contributed by atoms with Gasteiger partial charge in [-0.3, -0.25) is 9.59 Å². The van der Waals surface area contributed by atoms with Gasteiger partial charge in [-0.1, -0.05) is 30.3 Å². The van der Waals surface area contributed by atoms with Crippen molar-refractivity contribution in [2.24, 2.45) is 0 Å². The van der Waals surface area contributed by atoms with Gasteiger partial charge in [0, 0.05) is 31.1 Å². The van der Waals surface area contributed by atoms with Crippen LogP contribution < -0.4 is 15.7 Å². The van der Waals surface area contributed by atoms with E-state index in [0.29, 0.717) is 28.8 Å². The molecule has 8 heteroatoms. The maximum Gasteiger partial charge on any atom is 0.336 e. The lowest BCUT2D eigenvalue weighted by molar-refractivity contribution is -0.136. The van der Waals surface area contributed by atoms with Crippen molar-refractivity contribution in [1.29, 1.82) is 0 Å². The Labute approximate surface area is 179 Å². The lowest BCUT2D eigenvalue weighted by Crippen LogP contribution is -2.49. The molecular weight excluding hydrogens is 400 g/mol. The molecule has 162 valence electrons. The van der Waals surface area contributed by atoms with Gasteiger partial charge in [-0.2, -0.15) is 0 Å². The number of aliphatic hydroxyl groups is 1. The second-order valence-corrected chi connectivity index (χ2v) is 7.11. The molecule has 0 aliphatic carbocycles. The molecule has 0 radical (unpaired) electrons.